The summed E-state index contributed by atoms with van der Waals surface area (Å²) in [6.07, 6.45) is 0.191. The van der Waals surface area contributed by atoms with E-state index in [0.717, 1.165) is 27.8 Å². The molecule has 0 aromatic heterocycles. The van der Waals surface area contributed by atoms with Crippen molar-refractivity contribution in [3.05, 3.63) is 173 Å². The first-order chi connectivity index (χ1) is 20.5. The van der Waals surface area contributed by atoms with E-state index in [9.17, 15) is 14.7 Å². The predicted molar refractivity (Wildman–Crippen MR) is 164 cm³/mol. The summed E-state index contributed by atoms with van der Waals surface area (Å²) >= 11 is 0. The summed E-state index contributed by atoms with van der Waals surface area (Å²) in [7, 11) is 0. The summed E-state index contributed by atoms with van der Waals surface area (Å²) in [5, 5.41) is 12.9. The molecule has 5 aromatic carbocycles. The molecule has 210 valence electrons. The third-order valence-electron chi connectivity index (χ3n) is 7.47. The summed E-state index contributed by atoms with van der Waals surface area (Å²) in [4.78, 5) is 26.1. The Morgan fingerprint density at radius 3 is 1.52 bits per heavy atom. The zero-order valence-electron chi connectivity index (χ0n) is 23.2. The zero-order valence-corrected chi connectivity index (χ0v) is 23.2. The summed E-state index contributed by atoms with van der Waals surface area (Å²) in [6.45, 7) is 0.444. The number of carboxylic acids is 1. The summed E-state index contributed by atoms with van der Waals surface area (Å²) in [6, 6.07) is 45.8. The fraction of sp³-hybridized carbons (Fsp3) is 0.135. The van der Waals surface area contributed by atoms with Crippen molar-refractivity contribution in [2.45, 2.75) is 30.9 Å². The molecule has 0 unspecified atom stereocenters. The van der Waals surface area contributed by atoms with E-state index in [-0.39, 0.29) is 18.7 Å². The van der Waals surface area contributed by atoms with Gasteiger partial charge in [0.15, 0.2) is 0 Å². The first-order valence-electron chi connectivity index (χ1n) is 14.0. The minimum Gasteiger partial charge on any atom is -0.489 e. The van der Waals surface area contributed by atoms with Crippen LogP contribution >= 0.6 is 0 Å². The second-order valence-electron chi connectivity index (χ2n) is 10.3. The van der Waals surface area contributed by atoms with Crippen molar-refractivity contribution in [3.8, 4) is 5.75 Å². The average molecular weight is 556 g/mol. The van der Waals surface area contributed by atoms with Crippen LogP contribution in [0.5, 0.6) is 5.75 Å². The molecule has 0 bridgehead atoms. The number of carbonyl (C=O) groups is 2. The number of hydrogen-bond donors (Lipinski definition) is 2. The quantitative estimate of drug-likeness (QED) is 0.166. The summed E-state index contributed by atoms with van der Waals surface area (Å²) < 4.78 is 5.86. The normalized spacial score (nSPS) is 11.8. The fourth-order valence-electron chi connectivity index (χ4n) is 5.36. The molecule has 0 spiro atoms. The van der Waals surface area contributed by atoms with Crippen LogP contribution in [-0.2, 0) is 28.0 Å². The molecule has 1 amide bonds. The van der Waals surface area contributed by atoms with E-state index in [0.29, 0.717) is 12.4 Å². The molecule has 1 atom stereocenters. The highest BCUT2D eigenvalue weighted by atomic mass is 16.5. The van der Waals surface area contributed by atoms with Crippen LogP contribution in [0.2, 0.25) is 0 Å². The Labute approximate surface area is 246 Å². The molecule has 5 nitrogen and oxygen atoms in total. The number of hydrogen-bond acceptors (Lipinski definition) is 3. The predicted octanol–water partition coefficient (Wildman–Crippen LogP) is 6.80. The van der Waals surface area contributed by atoms with Gasteiger partial charge >= 0.3 is 5.97 Å². The Bertz CT molecular complexity index is 1470. The van der Waals surface area contributed by atoms with Gasteiger partial charge in [-0.2, -0.15) is 0 Å². The lowest BCUT2D eigenvalue weighted by Gasteiger charge is -2.36. The summed E-state index contributed by atoms with van der Waals surface area (Å²) in [5.41, 5.74) is 3.90. The number of carboxylic acid groups (broad SMARTS) is 1. The van der Waals surface area contributed by atoms with Crippen LogP contribution < -0.4 is 10.1 Å². The molecule has 0 saturated heterocycles. The van der Waals surface area contributed by atoms with Gasteiger partial charge in [0.2, 0.25) is 5.91 Å². The highest BCUT2D eigenvalue weighted by Gasteiger charge is 2.39. The number of benzene rings is 5. The van der Waals surface area contributed by atoms with Crippen molar-refractivity contribution in [1.82, 2.24) is 5.32 Å². The maximum absolute atomic E-state index is 13.8. The largest absolute Gasteiger partial charge is 0.489 e. The van der Waals surface area contributed by atoms with Gasteiger partial charge in [0.25, 0.3) is 0 Å². The van der Waals surface area contributed by atoms with Gasteiger partial charge in [-0.15, -0.1) is 0 Å². The molecular formula is C37H33NO4. The van der Waals surface area contributed by atoms with Crippen LogP contribution in [0.4, 0.5) is 0 Å². The number of amides is 1. The lowest BCUT2D eigenvalue weighted by Crippen LogP contribution is -2.45. The minimum atomic E-state index is -1.09. The molecule has 0 heterocycles. The Hall–Kier alpha value is -5.16. The smallest absolute Gasteiger partial charge is 0.326 e. The van der Waals surface area contributed by atoms with Gasteiger partial charge in [0, 0.05) is 12.8 Å². The average Bonchev–Trinajstić information content (AvgIpc) is 3.04. The highest BCUT2D eigenvalue weighted by molar-refractivity contribution is 5.85. The van der Waals surface area contributed by atoms with Gasteiger partial charge in [-0.3, -0.25) is 4.79 Å². The number of rotatable bonds is 12. The Morgan fingerprint density at radius 2 is 1.07 bits per heavy atom. The third kappa shape index (κ3) is 6.76. The molecule has 0 aliphatic rings. The van der Waals surface area contributed by atoms with Crippen LogP contribution in [0, 0.1) is 0 Å². The number of aliphatic carboxylic acids is 1. The lowest BCUT2D eigenvalue weighted by molar-refractivity contribution is -0.141. The van der Waals surface area contributed by atoms with Crippen molar-refractivity contribution >= 4 is 11.9 Å². The monoisotopic (exact) mass is 555 g/mol. The Morgan fingerprint density at radius 1 is 0.619 bits per heavy atom. The van der Waals surface area contributed by atoms with Gasteiger partial charge in [-0.05, 0) is 39.9 Å². The standard InChI is InChI=1S/C37H33NO4/c39-35(38-34(36(40)41)25-28-21-23-33(24-22-28)42-27-29-13-5-1-6-14-29)26-37(30-15-7-2-8-16-30,31-17-9-3-10-18-31)32-19-11-4-12-20-32/h1-24,34H,25-27H2,(H,38,39)(H,40,41)/t34-/m0/s1. The molecule has 0 aliphatic carbocycles. The second kappa shape index (κ2) is 13.5. The molecule has 0 aliphatic heterocycles. The first-order valence-corrected chi connectivity index (χ1v) is 14.0. The van der Waals surface area contributed by atoms with Crippen LogP contribution in [0.25, 0.3) is 0 Å². The van der Waals surface area contributed by atoms with Gasteiger partial charge in [0.1, 0.15) is 18.4 Å². The minimum absolute atomic E-state index is 0.0427. The van der Waals surface area contributed by atoms with E-state index < -0.39 is 17.4 Å². The zero-order chi connectivity index (χ0) is 29.2. The maximum Gasteiger partial charge on any atom is 0.326 e. The summed E-state index contributed by atoms with van der Waals surface area (Å²) in [5.74, 6) is -0.740. The maximum atomic E-state index is 13.8. The molecule has 5 aromatic rings. The van der Waals surface area contributed by atoms with Crippen molar-refractivity contribution in [3.63, 3.8) is 0 Å². The molecule has 5 rings (SSSR count). The van der Waals surface area contributed by atoms with Crippen LogP contribution in [0.1, 0.15) is 34.2 Å². The number of ether oxygens (including phenoxy) is 1. The van der Waals surface area contributed by atoms with Crippen molar-refractivity contribution in [2.24, 2.45) is 0 Å². The van der Waals surface area contributed by atoms with E-state index in [1.807, 2.05) is 146 Å². The molecular weight excluding hydrogens is 522 g/mol. The molecule has 5 heteroatoms. The molecule has 0 saturated carbocycles. The Kier molecular flexibility index (Phi) is 9.10. The molecule has 0 radical (unpaired) electrons. The SMILES string of the molecule is O=C(CC(c1ccccc1)(c1ccccc1)c1ccccc1)N[C@@H](Cc1ccc(OCc2ccccc2)cc1)C(=O)O. The van der Waals surface area contributed by atoms with Gasteiger partial charge in [-0.1, -0.05) is 133 Å². The molecule has 2 N–H and O–H groups in total. The van der Waals surface area contributed by atoms with Crippen molar-refractivity contribution < 1.29 is 19.4 Å². The molecule has 42 heavy (non-hydrogen) atoms. The van der Waals surface area contributed by atoms with Crippen molar-refractivity contribution in [2.75, 3.05) is 0 Å². The third-order valence-corrected chi connectivity index (χ3v) is 7.47. The highest BCUT2D eigenvalue weighted by Crippen LogP contribution is 2.42. The first kappa shape index (κ1) is 28.4. The number of nitrogens with one attached hydrogen (secondary N) is 1. The van der Waals surface area contributed by atoms with Gasteiger partial charge in [0.05, 0.1) is 5.41 Å². The van der Waals surface area contributed by atoms with Crippen LogP contribution in [-0.4, -0.2) is 23.0 Å². The van der Waals surface area contributed by atoms with Gasteiger partial charge in [-0.25, -0.2) is 4.79 Å². The van der Waals surface area contributed by atoms with E-state index in [4.69, 9.17) is 4.74 Å². The van der Waals surface area contributed by atoms with E-state index >= 15 is 0 Å². The Balaban J connectivity index is 1.36. The van der Waals surface area contributed by atoms with Crippen LogP contribution in [0.15, 0.2) is 146 Å². The fourth-order valence-corrected chi connectivity index (χ4v) is 5.36. The second-order valence-corrected chi connectivity index (χ2v) is 10.3. The van der Waals surface area contributed by atoms with E-state index in [1.54, 1.807) is 0 Å². The lowest BCUT2D eigenvalue weighted by atomic mass is 9.67. The van der Waals surface area contributed by atoms with E-state index in [1.165, 1.54) is 0 Å². The molecule has 0 fully saturated rings. The van der Waals surface area contributed by atoms with Gasteiger partial charge < -0.3 is 15.2 Å². The number of carbonyl (C=O) groups excluding carboxylic acids is 1. The topological polar surface area (TPSA) is 75.6 Å². The van der Waals surface area contributed by atoms with Crippen molar-refractivity contribution in [1.29, 1.82) is 0 Å². The van der Waals surface area contributed by atoms with E-state index in [2.05, 4.69) is 5.32 Å². The van der Waals surface area contributed by atoms with Crippen LogP contribution in [0.3, 0.4) is 0 Å².